The average molecular weight is 255 g/mol. The third kappa shape index (κ3) is 2.69. The minimum absolute atomic E-state index is 0.0300. The van der Waals surface area contributed by atoms with Gasteiger partial charge in [0.05, 0.1) is 6.61 Å². The van der Waals surface area contributed by atoms with Crippen molar-refractivity contribution in [1.29, 1.82) is 0 Å². The Labute approximate surface area is 109 Å². The molecule has 5 atom stereocenters. The van der Waals surface area contributed by atoms with E-state index in [-0.39, 0.29) is 18.6 Å². The van der Waals surface area contributed by atoms with Gasteiger partial charge in [-0.25, -0.2) is 0 Å². The molecule has 2 fully saturated rings. The molecule has 0 aromatic carbocycles. The van der Waals surface area contributed by atoms with E-state index in [4.69, 9.17) is 4.74 Å². The Morgan fingerprint density at radius 1 is 1.50 bits per heavy atom. The van der Waals surface area contributed by atoms with E-state index in [1.165, 1.54) is 39.7 Å². The van der Waals surface area contributed by atoms with Gasteiger partial charge in [0.15, 0.2) is 5.60 Å². The molecule has 2 N–H and O–H groups in total. The smallest absolute Gasteiger partial charge is 0.254 e. The van der Waals surface area contributed by atoms with Crippen LogP contribution < -0.4 is 5.32 Å². The molecule has 2 aliphatic carbocycles. The maximum atomic E-state index is 12.0. The molecule has 4 nitrogen and oxygen atoms in total. The lowest BCUT2D eigenvalue weighted by Gasteiger charge is -2.31. The Kier molecular flexibility index (Phi) is 3.97. The second-order valence-electron chi connectivity index (χ2n) is 6.31. The summed E-state index contributed by atoms with van der Waals surface area (Å²) < 4.78 is 4.87. The van der Waals surface area contributed by atoms with Gasteiger partial charge in [-0.2, -0.15) is 0 Å². The zero-order valence-electron chi connectivity index (χ0n) is 11.6. The third-order valence-electron chi connectivity index (χ3n) is 4.71. The van der Waals surface area contributed by atoms with E-state index in [9.17, 15) is 9.90 Å². The number of hydrogen-bond donors (Lipinski definition) is 2. The van der Waals surface area contributed by atoms with Crippen molar-refractivity contribution in [2.75, 3.05) is 13.7 Å². The molecule has 5 unspecified atom stereocenters. The molecular formula is C14H25NO3. The third-order valence-corrected chi connectivity index (χ3v) is 4.71. The Morgan fingerprint density at radius 3 is 2.72 bits per heavy atom. The summed E-state index contributed by atoms with van der Waals surface area (Å²) in [7, 11) is 1.49. The van der Waals surface area contributed by atoms with Gasteiger partial charge in [-0.05, 0) is 50.9 Å². The molecule has 0 aromatic heterocycles. The highest BCUT2D eigenvalue weighted by Crippen LogP contribution is 2.49. The van der Waals surface area contributed by atoms with Gasteiger partial charge in [-0.15, -0.1) is 0 Å². The van der Waals surface area contributed by atoms with E-state index in [1.54, 1.807) is 0 Å². The zero-order chi connectivity index (χ0) is 13.3. The summed E-state index contributed by atoms with van der Waals surface area (Å²) in [5.41, 5.74) is -1.43. The molecule has 2 aliphatic rings. The standard InChI is InChI=1S/C14H25NO3/c1-9(12-7-10-4-5-11(12)6-10)15-13(16)14(2,17)8-18-3/h9-12,17H,4-8H2,1-3H3,(H,15,16). The minimum atomic E-state index is -1.43. The van der Waals surface area contributed by atoms with Crippen LogP contribution in [-0.4, -0.2) is 36.4 Å². The predicted molar refractivity (Wildman–Crippen MR) is 69.0 cm³/mol. The van der Waals surface area contributed by atoms with Crippen LogP contribution in [0.3, 0.4) is 0 Å². The van der Waals surface area contributed by atoms with Gasteiger partial charge in [0, 0.05) is 13.2 Å². The van der Waals surface area contributed by atoms with Crippen LogP contribution in [0.5, 0.6) is 0 Å². The van der Waals surface area contributed by atoms with Gasteiger partial charge in [-0.1, -0.05) is 6.42 Å². The number of amides is 1. The summed E-state index contributed by atoms with van der Waals surface area (Å²) >= 11 is 0. The van der Waals surface area contributed by atoms with Gasteiger partial charge in [0.1, 0.15) is 0 Å². The van der Waals surface area contributed by atoms with Crippen LogP contribution in [0, 0.1) is 17.8 Å². The SMILES string of the molecule is COCC(C)(O)C(=O)NC(C)C1CC2CCC1C2. The molecule has 1 amide bonds. The van der Waals surface area contributed by atoms with E-state index in [2.05, 4.69) is 12.2 Å². The van der Waals surface area contributed by atoms with Crippen LogP contribution in [0.1, 0.15) is 39.5 Å². The largest absolute Gasteiger partial charge is 0.381 e. The van der Waals surface area contributed by atoms with Gasteiger partial charge in [0.2, 0.25) is 0 Å². The summed E-state index contributed by atoms with van der Waals surface area (Å²) in [5.74, 6) is 1.92. The molecule has 0 heterocycles. The first kappa shape index (κ1) is 13.8. The first-order valence-electron chi connectivity index (χ1n) is 6.96. The van der Waals surface area contributed by atoms with Gasteiger partial charge >= 0.3 is 0 Å². The number of carbonyl (C=O) groups excluding carboxylic acids is 1. The van der Waals surface area contributed by atoms with E-state index in [1.807, 2.05) is 0 Å². The fourth-order valence-electron chi connectivity index (χ4n) is 3.72. The van der Waals surface area contributed by atoms with Crippen LogP contribution in [0.2, 0.25) is 0 Å². The summed E-state index contributed by atoms with van der Waals surface area (Å²) in [4.78, 5) is 12.0. The van der Waals surface area contributed by atoms with E-state index < -0.39 is 5.60 Å². The summed E-state index contributed by atoms with van der Waals surface area (Å²) in [6.07, 6.45) is 5.24. The molecule has 0 radical (unpaired) electrons. The average Bonchev–Trinajstić information content (AvgIpc) is 2.90. The number of hydrogen-bond acceptors (Lipinski definition) is 3. The van der Waals surface area contributed by atoms with Crippen LogP contribution in [-0.2, 0) is 9.53 Å². The summed E-state index contributed by atoms with van der Waals surface area (Å²) in [6.45, 7) is 3.59. The Balaban J connectivity index is 1.87. The molecule has 0 aliphatic heterocycles. The highest BCUT2D eigenvalue weighted by molar-refractivity contribution is 5.84. The summed E-state index contributed by atoms with van der Waals surface area (Å²) in [5, 5.41) is 12.9. The monoisotopic (exact) mass is 255 g/mol. The Hall–Kier alpha value is -0.610. The van der Waals surface area contributed by atoms with Crippen molar-refractivity contribution in [3.63, 3.8) is 0 Å². The number of methoxy groups -OCH3 is 1. The molecule has 0 spiro atoms. The van der Waals surface area contributed by atoms with Crippen LogP contribution >= 0.6 is 0 Å². The van der Waals surface area contributed by atoms with Crippen molar-refractivity contribution in [2.45, 2.75) is 51.2 Å². The second kappa shape index (κ2) is 5.17. The van der Waals surface area contributed by atoms with Crippen molar-refractivity contribution in [2.24, 2.45) is 17.8 Å². The number of ether oxygens (including phenoxy) is 1. The lowest BCUT2D eigenvalue weighted by molar-refractivity contribution is -0.144. The molecule has 0 saturated heterocycles. The number of nitrogens with one attached hydrogen (secondary N) is 1. The molecule has 2 rings (SSSR count). The predicted octanol–water partition coefficient (Wildman–Crippen LogP) is 1.32. The number of aliphatic hydroxyl groups is 1. The van der Waals surface area contributed by atoms with Crippen LogP contribution in [0.4, 0.5) is 0 Å². The van der Waals surface area contributed by atoms with Gasteiger partial charge in [-0.3, -0.25) is 4.79 Å². The quantitative estimate of drug-likeness (QED) is 0.779. The van der Waals surface area contributed by atoms with Crippen molar-refractivity contribution in [1.82, 2.24) is 5.32 Å². The van der Waals surface area contributed by atoms with Gasteiger partial charge < -0.3 is 15.2 Å². The molecule has 4 heteroatoms. The molecule has 18 heavy (non-hydrogen) atoms. The van der Waals surface area contributed by atoms with Crippen LogP contribution in [0.25, 0.3) is 0 Å². The van der Waals surface area contributed by atoms with Crippen molar-refractivity contribution < 1.29 is 14.6 Å². The Bertz CT molecular complexity index is 316. The molecule has 2 saturated carbocycles. The molecular weight excluding hydrogens is 230 g/mol. The van der Waals surface area contributed by atoms with Crippen molar-refractivity contribution in [3.05, 3.63) is 0 Å². The van der Waals surface area contributed by atoms with E-state index in [0.717, 1.165) is 11.8 Å². The van der Waals surface area contributed by atoms with Gasteiger partial charge in [0.25, 0.3) is 5.91 Å². The number of fused-ring (bicyclic) bond motifs is 2. The molecule has 104 valence electrons. The maximum Gasteiger partial charge on any atom is 0.254 e. The second-order valence-corrected chi connectivity index (χ2v) is 6.31. The lowest BCUT2D eigenvalue weighted by Crippen LogP contribution is -2.52. The lowest BCUT2D eigenvalue weighted by atomic mass is 9.83. The fourth-order valence-corrected chi connectivity index (χ4v) is 3.72. The molecule has 2 bridgehead atoms. The first-order valence-corrected chi connectivity index (χ1v) is 6.96. The number of rotatable bonds is 5. The zero-order valence-corrected chi connectivity index (χ0v) is 11.6. The fraction of sp³-hybridized carbons (Fsp3) is 0.929. The summed E-state index contributed by atoms with van der Waals surface area (Å²) in [6, 6.07) is 0.149. The minimum Gasteiger partial charge on any atom is -0.381 e. The highest BCUT2D eigenvalue weighted by atomic mass is 16.5. The normalized spacial score (nSPS) is 35.2. The Morgan fingerprint density at radius 2 is 2.22 bits per heavy atom. The van der Waals surface area contributed by atoms with Crippen LogP contribution in [0.15, 0.2) is 0 Å². The highest BCUT2D eigenvalue weighted by Gasteiger charge is 2.43. The van der Waals surface area contributed by atoms with E-state index in [0.29, 0.717) is 5.92 Å². The number of carbonyl (C=O) groups is 1. The first-order chi connectivity index (χ1) is 8.44. The van der Waals surface area contributed by atoms with E-state index >= 15 is 0 Å². The van der Waals surface area contributed by atoms with Crippen molar-refractivity contribution >= 4 is 5.91 Å². The van der Waals surface area contributed by atoms with Crippen molar-refractivity contribution in [3.8, 4) is 0 Å². The topological polar surface area (TPSA) is 58.6 Å². The maximum absolute atomic E-state index is 12.0. The molecule has 0 aromatic rings.